The van der Waals surface area contributed by atoms with Crippen molar-refractivity contribution in [2.24, 2.45) is 0 Å². The Morgan fingerprint density at radius 3 is 0.901 bits per heavy atom. The number of hydrogen-bond acceptors (Lipinski definition) is 8. The highest BCUT2D eigenvalue weighted by atomic mass is 16.7. The molecular formula is C82H125NO8. The van der Waals surface area contributed by atoms with E-state index < -0.39 is 24.3 Å². The van der Waals surface area contributed by atoms with Gasteiger partial charge in [-0.15, -0.1) is 0 Å². The van der Waals surface area contributed by atoms with Gasteiger partial charge in [-0.2, -0.15) is 0 Å². The second-order valence-corrected chi connectivity index (χ2v) is 23.3. The molecule has 0 aromatic rings. The molecule has 0 aromatic heterocycles. The predicted octanol–water partition coefficient (Wildman–Crippen LogP) is 20.8. The summed E-state index contributed by atoms with van der Waals surface area (Å²) in [5.41, 5.74) is 0. The van der Waals surface area contributed by atoms with Crippen molar-refractivity contribution in [1.29, 1.82) is 0 Å². The fourth-order valence-electron chi connectivity index (χ4n) is 8.46. The Bertz CT molecular complexity index is 2300. The molecule has 9 heteroatoms. The van der Waals surface area contributed by atoms with Gasteiger partial charge in [0.1, 0.15) is 13.2 Å². The lowest BCUT2D eigenvalue weighted by Crippen LogP contribution is -2.44. The van der Waals surface area contributed by atoms with Gasteiger partial charge in [-0.3, -0.25) is 9.59 Å². The third-order valence-electron chi connectivity index (χ3n) is 13.7. The van der Waals surface area contributed by atoms with Gasteiger partial charge in [0, 0.05) is 12.8 Å². The van der Waals surface area contributed by atoms with Crippen LogP contribution in [0.1, 0.15) is 219 Å². The van der Waals surface area contributed by atoms with E-state index in [-0.39, 0.29) is 38.6 Å². The number of hydrogen-bond donors (Lipinski definition) is 0. The molecule has 2 atom stereocenters. The molecular weight excluding hydrogens is 1130 g/mol. The Hall–Kier alpha value is -6.39. The molecule has 0 aliphatic rings. The van der Waals surface area contributed by atoms with E-state index in [1.807, 2.05) is 21.1 Å². The van der Waals surface area contributed by atoms with Gasteiger partial charge in [-0.25, -0.2) is 0 Å². The van der Waals surface area contributed by atoms with Gasteiger partial charge in [0.2, 0.25) is 0 Å². The van der Waals surface area contributed by atoms with Crippen molar-refractivity contribution >= 4 is 17.9 Å². The summed E-state index contributed by atoms with van der Waals surface area (Å²) in [7, 11) is 5.89. The highest BCUT2D eigenvalue weighted by molar-refractivity contribution is 5.70. The molecule has 0 heterocycles. The molecule has 0 bridgehead atoms. The molecule has 506 valence electrons. The number of esters is 2. The largest absolute Gasteiger partial charge is 0.545 e. The third-order valence-corrected chi connectivity index (χ3v) is 13.7. The number of carbonyl (C=O) groups excluding carboxylic acids is 3. The smallest absolute Gasteiger partial charge is 0.306 e. The number of carbonyl (C=O) groups is 3. The standard InChI is InChI=1S/C82H125NO8/c1-6-8-10-12-14-16-18-20-22-24-26-28-30-32-34-35-36-37-38-39-40-41-42-43-44-45-47-49-51-53-55-57-59-61-63-65-67-69-71-73-80(85)91-78(77-90-82(81(86)87)88-75-74-83(3,4)5)76-89-79(84)72-70-68-66-64-62-60-58-56-54-52-50-48-46-33-31-29-27-25-23-21-19-17-15-13-11-9-7-2/h8-11,14-17,20-23,26-29,32-34,36-37,39-40,42-43,45-47,50-53,57,59,63,65,78,82H,6-7,12-13,18-19,24-25,30-31,35,38,41,44,48-49,54-56,58,60-62,64,66-77H2,1-5H3/b10-8-,11-9-,16-14-,17-15-,22-20-,23-21-,28-26-,29-27-,34-32-,37-36-,40-39-,43-42-,46-33-,47-45-,52-50-,53-51-,59-57-,65-63-. The number of likely N-dealkylation sites (N-methyl/N-ethyl adjacent to an activating group) is 1. The first kappa shape index (κ1) is 84.6. The van der Waals surface area contributed by atoms with E-state index in [2.05, 4.69) is 233 Å². The number of quaternary nitrogens is 1. The number of carboxylic acids is 1. The van der Waals surface area contributed by atoms with Crippen LogP contribution in [0, 0.1) is 0 Å². The first-order valence-corrected chi connectivity index (χ1v) is 34.9. The summed E-state index contributed by atoms with van der Waals surface area (Å²) in [5.74, 6) is -2.38. The second-order valence-electron chi connectivity index (χ2n) is 23.3. The maximum absolute atomic E-state index is 12.9. The number of allylic oxidation sites excluding steroid dienone is 36. The van der Waals surface area contributed by atoms with Crippen LogP contribution in [0.4, 0.5) is 0 Å². The zero-order chi connectivity index (χ0) is 66.1. The van der Waals surface area contributed by atoms with Crippen molar-refractivity contribution in [1.82, 2.24) is 0 Å². The normalized spacial score (nSPS) is 14.1. The van der Waals surface area contributed by atoms with E-state index in [1.54, 1.807) is 0 Å². The maximum Gasteiger partial charge on any atom is 0.306 e. The van der Waals surface area contributed by atoms with Gasteiger partial charge in [0.05, 0.1) is 40.3 Å². The first-order valence-electron chi connectivity index (χ1n) is 34.9. The lowest BCUT2D eigenvalue weighted by molar-refractivity contribution is -0.870. The Morgan fingerprint density at radius 1 is 0.330 bits per heavy atom. The topological polar surface area (TPSA) is 111 Å². The summed E-state index contributed by atoms with van der Waals surface area (Å²) in [6.45, 7) is 4.42. The molecule has 0 N–H and O–H groups in total. The lowest BCUT2D eigenvalue weighted by atomic mass is 10.1. The van der Waals surface area contributed by atoms with Crippen molar-refractivity contribution < 1.29 is 42.9 Å². The van der Waals surface area contributed by atoms with E-state index in [1.165, 1.54) is 25.7 Å². The van der Waals surface area contributed by atoms with Gasteiger partial charge in [0.25, 0.3) is 0 Å². The molecule has 0 saturated heterocycles. The van der Waals surface area contributed by atoms with Crippen molar-refractivity contribution in [3.8, 4) is 0 Å². The average Bonchev–Trinajstić information content (AvgIpc) is 3.46. The van der Waals surface area contributed by atoms with E-state index >= 15 is 0 Å². The fourth-order valence-corrected chi connectivity index (χ4v) is 8.46. The van der Waals surface area contributed by atoms with Gasteiger partial charge >= 0.3 is 11.9 Å². The molecule has 0 aliphatic heterocycles. The van der Waals surface area contributed by atoms with E-state index in [0.29, 0.717) is 23.9 Å². The van der Waals surface area contributed by atoms with Gasteiger partial charge in [0.15, 0.2) is 12.4 Å². The maximum atomic E-state index is 12.9. The average molecular weight is 1250 g/mol. The monoisotopic (exact) mass is 1250 g/mol. The minimum absolute atomic E-state index is 0.125. The summed E-state index contributed by atoms with van der Waals surface area (Å²) in [6.07, 6.45) is 107. The third kappa shape index (κ3) is 70.9. The molecule has 0 spiro atoms. The molecule has 91 heavy (non-hydrogen) atoms. The minimum atomic E-state index is -1.65. The van der Waals surface area contributed by atoms with Crippen molar-refractivity contribution in [3.63, 3.8) is 0 Å². The van der Waals surface area contributed by atoms with E-state index in [0.717, 1.165) is 154 Å². The highest BCUT2D eigenvalue weighted by Crippen LogP contribution is 2.13. The number of rotatable bonds is 61. The van der Waals surface area contributed by atoms with Gasteiger partial charge in [-0.05, 0) is 154 Å². The van der Waals surface area contributed by atoms with Crippen LogP contribution < -0.4 is 5.11 Å². The van der Waals surface area contributed by atoms with Gasteiger partial charge < -0.3 is 33.3 Å². The number of ether oxygens (including phenoxy) is 4. The van der Waals surface area contributed by atoms with Crippen LogP contribution in [-0.4, -0.2) is 82.3 Å². The zero-order valence-electron chi connectivity index (χ0n) is 57.6. The van der Waals surface area contributed by atoms with Crippen molar-refractivity contribution in [2.45, 2.75) is 232 Å². The molecule has 0 aliphatic carbocycles. The Labute approximate surface area is 556 Å². The van der Waals surface area contributed by atoms with Crippen LogP contribution in [-0.2, 0) is 33.3 Å². The molecule has 0 radical (unpaired) electrons. The molecule has 0 saturated carbocycles. The molecule has 9 nitrogen and oxygen atoms in total. The predicted molar refractivity (Wildman–Crippen MR) is 388 cm³/mol. The summed E-state index contributed by atoms with van der Waals surface area (Å²) in [4.78, 5) is 37.5. The van der Waals surface area contributed by atoms with Crippen LogP contribution in [0.15, 0.2) is 219 Å². The minimum Gasteiger partial charge on any atom is -0.545 e. The summed E-state index contributed by atoms with van der Waals surface area (Å²) in [6, 6.07) is 0. The SMILES string of the molecule is CC/C=C\C/C=C\C/C=C\C/C=C\C/C=C\C/C=C\C/C=C\C/C=C\C/C=C\C/C=C\C/C=C\C/C=C\CCCCC(=O)OC(COC(=O)CCCCCCCCCC/C=C\C/C=C\C/C=C\C/C=C\C/C=C\C/C=C\CC)COC(OCC[N+](C)(C)C)C(=O)[O-]. The molecule has 2 unspecified atom stereocenters. The second kappa shape index (κ2) is 69.5. The highest BCUT2D eigenvalue weighted by Gasteiger charge is 2.22. The van der Waals surface area contributed by atoms with Crippen LogP contribution in [0.5, 0.6) is 0 Å². The number of aliphatic carboxylic acids is 1. The molecule has 0 aromatic carbocycles. The van der Waals surface area contributed by atoms with Crippen molar-refractivity contribution in [3.05, 3.63) is 219 Å². The number of unbranched alkanes of at least 4 members (excludes halogenated alkanes) is 10. The quantitative estimate of drug-likeness (QED) is 0.0195. The molecule has 0 fully saturated rings. The number of carboxylic acid groups (broad SMARTS) is 1. The summed E-state index contributed by atoms with van der Waals surface area (Å²) < 4.78 is 22.7. The lowest BCUT2D eigenvalue weighted by Gasteiger charge is -2.26. The van der Waals surface area contributed by atoms with E-state index in [9.17, 15) is 19.5 Å². The van der Waals surface area contributed by atoms with Gasteiger partial charge in [-0.1, -0.05) is 271 Å². The first-order chi connectivity index (χ1) is 44.6. The van der Waals surface area contributed by atoms with Crippen LogP contribution in [0.25, 0.3) is 0 Å². The van der Waals surface area contributed by atoms with Crippen molar-refractivity contribution in [2.75, 3.05) is 47.5 Å². The van der Waals surface area contributed by atoms with Crippen LogP contribution >= 0.6 is 0 Å². The summed E-state index contributed by atoms with van der Waals surface area (Å²) in [5, 5.41) is 11.8. The Balaban J connectivity index is 4.32. The van der Waals surface area contributed by atoms with Crippen LogP contribution in [0.3, 0.4) is 0 Å². The number of nitrogens with zero attached hydrogens (tertiary/aromatic N) is 1. The fraction of sp³-hybridized carbons (Fsp3) is 0.524. The summed E-state index contributed by atoms with van der Waals surface area (Å²) >= 11 is 0. The molecule has 0 rings (SSSR count). The van der Waals surface area contributed by atoms with Crippen LogP contribution in [0.2, 0.25) is 0 Å². The molecule has 0 amide bonds. The Kier molecular flexibility index (Phi) is 64.6. The Morgan fingerprint density at radius 2 is 0.593 bits per heavy atom. The van der Waals surface area contributed by atoms with E-state index in [4.69, 9.17) is 18.9 Å². The zero-order valence-corrected chi connectivity index (χ0v) is 57.6.